The van der Waals surface area contributed by atoms with E-state index >= 15 is 0 Å². The van der Waals surface area contributed by atoms with Crippen LogP contribution in [0.4, 0.5) is 14.9 Å². The molecule has 16 heavy (non-hydrogen) atoms. The molecule has 1 N–H and O–H groups in total. The molecular formula is C11H13BrFNO2. The quantitative estimate of drug-likeness (QED) is 0.850. The smallest absolute Gasteiger partial charge is 0.412 e. The summed E-state index contributed by atoms with van der Waals surface area (Å²) in [6, 6.07) is 3.99. The molecule has 1 amide bonds. The van der Waals surface area contributed by atoms with Gasteiger partial charge >= 0.3 is 6.09 Å². The number of hydrogen-bond donors (Lipinski definition) is 1. The lowest BCUT2D eigenvalue weighted by atomic mass is 10.2. The number of amides is 1. The molecule has 5 heteroatoms. The first-order chi connectivity index (χ1) is 7.28. The summed E-state index contributed by atoms with van der Waals surface area (Å²) in [5, 5.41) is 2.52. The van der Waals surface area contributed by atoms with E-state index < -0.39 is 11.7 Å². The Hall–Kier alpha value is -1.10. The van der Waals surface area contributed by atoms with Gasteiger partial charge in [-0.05, 0) is 54.9 Å². The highest BCUT2D eigenvalue weighted by atomic mass is 79.9. The van der Waals surface area contributed by atoms with Crippen molar-refractivity contribution in [2.45, 2.75) is 26.4 Å². The van der Waals surface area contributed by atoms with E-state index in [9.17, 15) is 9.18 Å². The molecule has 0 radical (unpaired) electrons. The number of anilines is 1. The summed E-state index contributed by atoms with van der Waals surface area (Å²) >= 11 is 3.14. The standard InChI is InChI=1S/C11H13BrFNO2/c1-11(2,3)16-10(15)14-9-5-4-7(13)6-8(9)12/h4-6H,1-3H3,(H,14,15). The van der Waals surface area contributed by atoms with Crippen LogP contribution in [0.3, 0.4) is 0 Å². The van der Waals surface area contributed by atoms with E-state index in [2.05, 4.69) is 21.2 Å². The maximum atomic E-state index is 12.8. The average molecular weight is 290 g/mol. The van der Waals surface area contributed by atoms with Gasteiger partial charge in [0, 0.05) is 4.47 Å². The molecule has 1 rings (SSSR count). The second-order valence-corrected chi connectivity index (χ2v) is 5.11. The van der Waals surface area contributed by atoms with Gasteiger partial charge < -0.3 is 4.74 Å². The molecule has 0 spiro atoms. The van der Waals surface area contributed by atoms with Gasteiger partial charge in [0.2, 0.25) is 0 Å². The Kier molecular flexibility index (Phi) is 3.91. The van der Waals surface area contributed by atoms with Crippen molar-refractivity contribution >= 4 is 27.7 Å². The van der Waals surface area contributed by atoms with E-state index in [1.165, 1.54) is 18.2 Å². The number of benzene rings is 1. The highest BCUT2D eigenvalue weighted by molar-refractivity contribution is 9.10. The van der Waals surface area contributed by atoms with Gasteiger partial charge in [0.1, 0.15) is 11.4 Å². The van der Waals surface area contributed by atoms with Gasteiger partial charge in [0.15, 0.2) is 0 Å². The molecule has 0 saturated carbocycles. The van der Waals surface area contributed by atoms with Gasteiger partial charge in [-0.15, -0.1) is 0 Å². The second-order valence-electron chi connectivity index (χ2n) is 4.25. The van der Waals surface area contributed by atoms with Crippen molar-refractivity contribution in [3.05, 3.63) is 28.5 Å². The van der Waals surface area contributed by atoms with E-state index in [-0.39, 0.29) is 5.82 Å². The van der Waals surface area contributed by atoms with E-state index in [0.717, 1.165) is 0 Å². The Morgan fingerprint density at radius 3 is 2.56 bits per heavy atom. The maximum Gasteiger partial charge on any atom is 0.412 e. The van der Waals surface area contributed by atoms with Crippen LogP contribution in [0.1, 0.15) is 20.8 Å². The first-order valence-electron chi connectivity index (χ1n) is 4.73. The Bertz CT molecular complexity index is 401. The Balaban J connectivity index is 2.70. The molecule has 0 heterocycles. The maximum absolute atomic E-state index is 12.8. The lowest BCUT2D eigenvalue weighted by molar-refractivity contribution is 0.0636. The third kappa shape index (κ3) is 4.18. The lowest BCUT2D eigenvalue weighted by Crippen LogP contribution is -2.27. The normalized spacial score (nSPS) is 11.1. The van der Waals surface area contributed by atoms with Crippen molar-refractivity contribution < 1.29 is 13.9 Å². The summed E-state index contributed by atoms with van der Waals surface area (Å²) in [5.74, 6) is -0.374. The van der Waals surface area contributed by atoms with Crippen LogP contribution in [0.5, 0.6) is 0 Å². The van der Waals surface area contributed by atoms with Crippen LogP contribution in [-0.4, -0.2) is 11.7 Å². The van der Waals surface area contributed by atoms with Crippen molar-refractivity contribution in [3.8, 4) is 0 Å². The van der Waals surface area contributed by atoms with Crippen molar-refractivity contribution in [2.75, 3.05) is 5.32 Å². The van der Waals surface area contributed by atoms with Gasteiger partial charge in [-0.25, -0.2) is 9.18 Å². The van der Waals surface area contributed by atoms with Crippen LogP contribution >= 0.6 is 15.9 Å². The molecule has 0 unspecified atom stereocenters. The summed E-state index contributed by atoms with van der Waals surface area (Å²) in [7, 11) is 0. The molecule has 0 atom stereocenters. The topological polar surface area (TPSA) is 38.3 Å². The number of carbonyl (C=O) groups is 1. The predicted molar refractivity (Wildman–Crippen MR) is 64.0 cm³/mol. The summed E-state index contributed by atoms with van der Waals surface area (Å²) in [5.41, 5.74) is -0.0907. The fraction of sp³-hybridized carbons (Fsp3) is 0.364. The minimum Gasteiger partial charge on any atom is -0.444 e. The fourth-order valence-electron chi connectivity index (χ4n) is 1.00. The van der Waals surface area contributed by atoms with Crippen LogP contribution in [0, 0.1) is 5.82 Å². The van der Waals surface area contributed by atoms with Crippen molar-refractivity contribution in [1.29, 1.82) is 0 Å². The van der Waals surface area contributed by atoms with Crippen LogP contribution in [0.2, 0.25) is 0 Å². The number of rotatable bonds is 1. The van der Waals surface area contributed by atoms with E-state index in [1.807, 2.05) is 0 Å². The fourth-order valence-corrected chi connectivity index (χ4v) is 1.45. The molecule has 0 aliphatic heterocycles. The summed E-state index contributed by atoms with van der Waals surface area (Å²) in [6.07, 6.45) is -0.570. The summed E-state index contributed by atoms with van der Waals surface area (Å²) in [4.78, 5) is 11.4. The number of ether oxygens (including phenoxy) is 1. The van der Waals surface area contributed by atoms with Crippen LogP contribution in [0.15, 0.2) is 22.7 Å². The number of carbonyl (C=O) groups excluding carboxylic acids is 1. The molecule has 88 valence electrons. The van der Waals surface area contributed by atoms with Crippen molar-refractivity contribution in [2.24, 2.45) is 0 Å². The summed E-state index contributed by atoms with van der Waals surface area (Å²) in [6.45, 7) is 5.31. The van der Waals surface area contributed by atoms with E-state index in [1.54, 1.807) is 20.8 Å². The first kappa shape index (κ1) is 13.0. The zero-order valence-electron chi connectivity index (χ0n) is 9.30. The van der Waals surface area contributed by atoms with Crippen molar-refractivity contribution in [3.63, 3.8) is 0 Å². The van der Waals surface area contributed by atoms with Crippen LogP contribution < -0.4 is 5.32 Å². The van der Waals surface area contributed by atoms with Gasteiger partial charge in [-0.2, -0.15) is 0 Å². The molecule has 3 nitrogen and oxygen atoms in total. The predicted octanol–water partition coefficient (Wildman–Crippen LogP) is 3.94. The highest BCUT2D eigenvalue weighted by Gasteiger charge is 2.16. The third-order valence-electron chi connectivity index (χ3n) is 1.57. The second kappa shape index (κ2) is 4.82. The molecule has 1 aromatic rings. The minimum atomic E-state index is -0.570. The molecule has 0 fully saturated rings. The largest absolute Gasteiger partial charge is 0.444 e. The molecule has 0 bridgehead atoms. The van der Waals surface area contributed by atoms with Gasteiger partial charge in [-0.1, -0.05) is 0 Å². The molecule has 0 aliphatic carbocycles. The molecular weight excluding hydrogens is 277 g/mol. The molecule has 0 aromatic heterocycles. The SMILES string of the molecule is CC(C)(C)OC(=O)Nc1ccc(F)cc1Br. The number of hydrogen-bond acceptors (Lipinski definition) is 2. The van der Waals surface area contributed by atoms with Crippen LogP contribution in [-0.2, 0) is 4.74 Å². The zero-order valence-corrected chi connectivity index (χ0v) is 10.9. The van der Waals surface area contributed by atoms with Crippen molar-refractivity contribution in [1.82, 2.24) is 0 Å². The molecule has 0 aliphatic rings. The molecule has 0 saturated heterocycles. The van der Waals surface area contributed by atoms with Gasteiger partial charge in [0.05, 0.1) is 5.69 Å². The van der Waals surface area contributed by atoms with Crippen LogP contribution in [0.25, 0.3) is 0 Å². The zero-order chi connectivity index (χ0) is 12.3. The monoisotopic (exact) mass is 289 g/mol. The third-order valence-corrected chi connectivity index (χ3v) is 2.22. The average Bonchev–Trinajstić information content (AvgIpc) is 2.06. The summed E-state index contributed by atoms with van der Waals surface area (Å²) < 4.78 is 18.3. The van der Waals surface area contributed by atoms with Gasteiger partial charge in [0.25, 0.3) is 0 Å². The Morgan fingerprint density at radius 2 is 2.06 bits per heavy atom. The first-order valence-corrected chi connectivity index (χ1v) is 5.52. The van der Waals surface area contributed by atoms with E-state index in [4.69, 9.17) is 4.74 Å². The Morgan fingerprint density at radius 1 is 1.44 bits per heavy atom. The molecule has 1 aromatic carbocycles. The highest BCUT2D eigenvalue weighted by Crippen LogP contribution is 2.23. The Labute approximate surface area is 102 Å². The number of halogens is 2. The lowest BCUT2D eigenvalue weighted by Gasteiger charge is -2.19. The minimum absolute atomic E-state index is 0.374. The number of nitrogens with one attached hydrogen (secondary N) is 1. The van der Waals surface area contributed by atoms with E-state index in [0.29, 0.717) is 10.2 Å². The van der Waals surface area contributed by atoms with Gasteiger partial charge in [-0.3, -0.25) is 5.32 Å².